The van der Waals surface area contributed by atoms with E-state index in [9.17, 15) is 9.59 Å². The first-order chi connectivity index (χ1) is 11.5. The standard InChI is InChI=1S/C18H24N2O4/c1-14(21)19-9-10-24-13-18(12-19,23-2)11-17(22)20-8-7-15-5-3-4-6-16(15)20/h3-6H,7-13H2,1-2H3/t18-/m1/s1. The molecule has 2 heterocycles. The minimum Gasteiger partial charge on any atom is -0.377 e. The number of anilines is 1. The SMILES string of the molecule is CO[C@@]1(CC(=O)N2CCc3ccccc32)COCCN(C(C)=O)C1. The Bertz CT molecular complexity index is 633. The molecular formula is C18H24N2O4. The van der Waals surface area contributed by atoms with E-state index in [4.69, 9.17) is 9.47 Å². The smallest absolute Gasteiger partial charge is 0.230 e. The summed E-state index contributed by atoms with van der Waals surface area (Å²) in [5, 5.41) is 0. The van der Waals surface area contributed by atoms with Gasteiger partial charge < -0.3 is 19.3 Å². The van der Waals surface area contributed by atoms with Gasteiger partial charge in [-0.2, -0.15) is 0 Å². The Morgan fingerprint density at radius 1 is 1.29 bits per heavy atom. The molecule has 3 rings (SSSR count). The summed E-state index contributed by atoms with van der Waals surface area (Å²) in [4.78, 5) is 28.2. The highest BCUT2D eigenvalue weighted by Gasteiger charge is 2.40. The number of carbonyl (C=O) groups excluding carboxylic acids is 2. The van der Waals surface area contributed by atoms with Crippen LogP contribution in [0.5, 0.6) is 0 Å². The molecule has 1 saturated heterocycles. The molecule has 1 aromatic rings. The third-order valence-electron chi connectivity index (χ3n) is 4.89. The quantitative estimate of drug-likeness (QED) is 0.835. The number of methoxy groups -OCH3 is 1. The maximum Gasteiger partial charge on any atom is 0.230 e. The molecule has 1 fully saturated rings. The van der Waals surface area contributed by atoms with E-state index in [0.717, 1.165) is 12.1 Å². The number of nitrogens with zero attached hydrogens (tertiary/aromatic N) is 2. The molecule has 0 spiro atoms. The molecular weight excluding hydrogens is 308 g/mol. The fourth-order valence-electron chi connectivity index (χ4n) is 3.45. The van der Waals surface area contributed by atoms with Crippen LogP contribution in [0.2, 0.25) is 0 Å². The molecule has 0 unspecified atom stereocenters. The molecule has 1 aromatic carbocycles. The molecule has 0 aliphatic carbocycles. The number of amides is 2. The predicted octanol–water partition coefficient (Wildman–Crippen LogP) is 1.23. The van der Waals surface area contributed by atoms with Crippen LogP contribution < -0.4 is 4.90 Å². The van der Waals surface area contributed by atoms with Gasteiger partial charge in [-0.3, -0.25) is 9.59 Å². The van der Waals surface area contributed by atoms with Crippen molar-refractivity contribution in [3.05, 3.63) is 29.8 Å². The van der Waals surface area contributed by atoms with Crippen molar-refractivity contribution in [1.29, 1.82) is 0 Å². The summed E-state index contributed by atoms with van der Waals surface area (Å²) in [5.74, 6) is -0.0169. The van der Waals surface area contributed by atoms with E-state index in [1.54, 1.807) is 12.0 Å². The summed E-state index contributed by atoms with van der Waals surface area (Å²) in [5.41, 5.74) is 1.38. The molecule has 0 N–H and O–H groups in total. The van der Waals surface area contributed by atoms with Gasteiger partial charge in [-0.1, -0.05) is 18.2 Å². The van der Waals surface area contributed by atoms with Crippen molar-refractivity contribution in [3.8, 4) is 0 Å². The zero-order valence-electron chi connectivity index (χ0n) is 14.3. The van der Waals surface area contributed by atoms with Crippen LogP contribution in [-0.2, 0) is 25.5 Å². The largest absolute Gasteiger partial charge is 0.377 e. The van der Waals surface area contributed by atoms with Crippen molar-refractivity contribution < 1.29 is 19.1 Å². The van der Waals surface area contributed by atoms with Gasteiger partial charge in [0.2, 0.25) is 11.8 Å². The van der Waals surface area contributed by atoms with Crippen molar-refractivity contribution in [1.82, 2.24) is 4.90 Å². The number of hydrogen-bond donors (Lipinski definition) is 0. The van der Waals surface area contributed by atoms with Gasteiger partial charge in [0.1, 0.15) is 5.60 Å². The summed E-state index contributed by atoms with van der Waals surface area (Å²) in [6.07, 6.45) is 1.07. The summed E-state index contributed by atoms with van der Waals surface area (Å²) >= 11 is 0. The lowest BCUT2D eigenvalue weighted by Crippen LogP contribution is -2.50. The number of fused-ring (bicyclic) bond motifs is 1. The van der Waals surface area contributed by atoms with Crippen molar-refractivity contribution in [3.63, 3.8) is 0 Å². The van der Waals surface area contributed by atoms with Crippen LogP contribution in [0.1, 0.15) is 18.9 Å². The molecule has 2 aliphatic heterocycles. The van der Waals surface area contributed by atoms with Crippen molar-refractivity contribution in [2.45, 2.75) is 25.4 Å². The normalized spacial score (nSPS) is 23.8. The third-order valence-corrected chi connectivity index (χ3v) is 4.89. The molecule has 2 aliphatic rings. The van der Waals surface area contributed by atoms with Crippen LogP contribution in [0.3, 0.4) is 0 Å². The second-order valence-electron chi connectivity index (χ2n) is 6.48. The van der Waals surface area contributed by atoms with Gasteiger partial charge in [-0.05, 0) is 18.1 Å². The molecule has 0 saturated carbocycles. The van der Waals surface area contributed by atoms with Crippen LogP contribution in [0.25, 0.3) is 0 Å². The molecule has 0 aromatic heterocycles. The molecule has 24 heavy (non-hydrogen) atoms. The summed E-state index contributed by atoms with van der Waals surface area (Å²) in [6.45, 7) is 3.90. The minimum atomic E-state index is -0.795. The number of benzene rings is 1. The first kappa shape index (κ1) is 16.9. The van der Waals surface area contributed by atoms with Crippen LogP contribution in [0, 0.1) is 0 Å². The molecule has 2 amide bonds. The Morgan fingerprint density at radius 2 is 2.08 bits per heavy atom. The average molecular weight is 332 g/mol. The maximum atomic E-state index is 12.9. The van der Waals surface area contributed by atoms with E-state index < -0.39 is 5.60 Å². The Labute approximate surface area is 142 Å². The van der Waals surface area contributed by atoms with Crippen LogP contribution in [-0.4, -0.2) is 62.3 Å². The Kier molecular flexibility index (Phi) is 4.87. The molecule has 130 valence electrons. The van der Waals surface area contributed by atoms with E-state index in [-0.39, 0.29) is 18.2 Å². The molecule has 6 nitrogen and oxygen atoms in total. The van der Waals surface area contributed by atoms with Gasteiger partial charge in [-0.15, -0.1) is 0 Å². The summed E-state index contributed by atoms with van der Waals surface area (Å²) in [7, 11) is 1.58. The number of carbonyl (C=O) groups is 2. The van der Waals surface area contributed by atoms with Crippen LogP contribution in [0.15, 0.2) is 24.3 Å². The van der Waals surface area contributed by atoms with E-state index in [2.05, 4.69) is 6.07 Å². The van der Waals surface area contributed by atoms with Gasteiger partial charge >= 0.3 is 0 Å². The number of ether oxygens (including phenoxy) is 2. The van der Waals surface area contributed by atoms with Gasteiger partial charge in [0.25, 0.3) is 0 Å². The Hall–Kier alpha value is -1.92. The lowest BCUT2D eigenvalue weighted by atomic mass is 9.98. The topological polar surface area (TPSA) is 59.1 Å². The van der Waals surface area contributed by atoms with E-state index >= 15 is 0 Å². The van der Waals surface area contributed by atoms with Gasteiger partial charge in [0, 0.05) is 32.8 Å². The zero-order valence-corrected chi connectivity index (χ0v) is 14.3. The highest BCUT2D eigenvalue weighted by atomic mass is 16.5. The van der Waals surface area contributed by atoms with E-state index in [1.165, 1.54) is 12.5 Å². The maximum absolute atomic E-state index is 12.9. The second-order valence-corrected chi connectivity index (χ2v) is 6.48. The average Bonchev–Trinajstić information content (AvgIpc) is 2.89. The zero-order chi connectivity index (χ0) is 17.2. The third kappa shape index (κ3) is 3.30. The lowest BCUT2D eigenvalue weighted by Gasteiger charge is -2.34. The van der Waals surface area contributed by atoms with Crippen molar-refractivity contribution in [2.75, 3.05) is 44.9 Å². The predicted molar refractivity (Wildman–Crippen MR) is 89.9 cm³/mol. The number of hydrogen-bond acceptors (Lipinski definition) is 4. The Balaban J connectivity index is 1.77. The first-order valence-corrected chi connectivity index (χ1v) is 8.31. The lowest BCUT2D eigenvalue weighted by molar-refractivity contribution is -0.138. The number of para-hydroxylation sites is 1. The van der Waals surface area contributed by atoms with E-state index in [1.807, 2.05) is 23.1 Å². The first-order valence-electron chi connectivity index (χ1n) is 8.31. The minimum absolute atomic E-state index is 0.0100. The Morgan fingerprint density at radius 3 is 2.83 bits per heavy atom. The fourth-order valence-corrected chi connectivity index (χ4v) is 3.45. The van der Waals surface area contributed by atoms with Crippen molar-refractivity contribution >= 4 is 17.5 Å². The van der Waals surface area contributed by atoms with Crippen LogP contribution >= 0.6 is 0 Å². The summed E-state index contributed by atoms with van der Waals surface area (Å²) < 4.78 is 11.3. The van der Waals surface area contributed by atoms with E-state index in [0.29, 0.717) is 32.8 Å². The molecule has 0 radical (unpaired) electrons. The van der Waals surface area contributed by atoms with Crippen molar-refractivity contribution in [2.24, 2.45) is 0 Å². The molecule has 6 heteroatoms. The summed E-state index contributed by atoms with van der Waals surface area (Å²) in [6, 6.07) is 7.97. The van der Waals surface area contributed by atoms with Gasteiger partial charge in [0.05, 0.1) is 26.2 Å². The molecule has 1 atom stereocenters. The van der Waals surface area contributed by atoms with Gasteiger partial charge in [-0.25, -0.2) is 0 Å². The fraction of sp³-hybridized carbons (Fsp3) is 0.556. The number of rotatable bonds is 3. The highest BCUT2D eigenvalue weighted by Crippen LogP contribution is 2.30. The van der Waals surface area contributed by atoms with Crippen LogP contribution in [0.4, 0.5) is 5.69 Å². The second kappa shape index (κ2) is 6.91. The monoisotopic (exact) mass is 332 g/mol. The van der Waals surface area contributed by atoms with Gasteiger partial charge in [0.15, 0.2) is 0 Å². The molecule has 0 bridgehead atoms. The highest BCUT2D eigenvalue weighted by molar-refractivity contribution is 5.96.